The van der Waals surface area contributed by atoms with Crippen LogP contribution in [0, 0.1) is 5.82 Å². The smallest absolute Gasteiger partial charge is 0.387 e. The molecule has 2 aromatic carbocycles. The van der Waals surface area contributed by atoms with E-state index >= 15 is 0 Å². The van der Waals surface area contributed by atoms with Crippen molar-refractivity contribution >= 4 is 28.5 Å². The molecule has 2 aliphatic heterocycles. The number of imidazole rings is 1. The molecule has 3 heterocycles. The van der Waals surface area contributed by atoms with Crippen molar-refractivity contribution in [1.82, 2.24) is 14.5 Å². The zero-order chi connectivity index (χ0) is 22.2. The molecule has 0 unspecified atom stereocenters. The van der Waals surface area contributed by atoms with Crippen LogP contribution in [0.5, 0.6) is 5.75 Å². The highest BCUT2D eigenvalue weighted by Crippen LogP contribution is 2.50. The second-order valence-electron chi connectivity index (χ2n) is 6.63. The molecule has 2 atom stereocenters. The molecule has 5 nitrogen and oxygen atoms in total. The van der Waals surface area contributed by atoms with E-state index in [4.69, 9.17) is 15.7 Å². The number of benzene rings is 2. The van der Waals surface area contributed by atoms with Crippen LogP contribution in [0.3, 0.4) is 0 Å². The van der Waals surface area contributed by atoms with Gasteiger partial charge < -0.3 is 14.2 Å². The van der Waals surface area contributed by atoms with E-state index in [0.717, 1.165) is 6.07 Å². The third-order valence-electron chi connectivity index (χ3n) is 5.17. The number of alkyl halides is 2. The summed E-state index contributed by atoms with van der Waals surface area (Å²) >= 11 is 6.02. The van der Waals surface area contributed by atoms with Crippen molar-refractivity contribution in [1.29, 1.82) is 0 Å². The summed E-state index contributed by atoms with van der Waals surface area (Å²) < 4.78 is 70.7. The maximum Gasteiger partial charge on any atom is 0.387 e. The molecule has 9 heteroatoms. The summed E-state index contributed by atoms with van der Waals surface area (Å²) in [5, 5.41) is 0.0908. The fourth-order valence-electron chi connectivity index (χ4n) is 4.14. The van der Waals surface area contributed by atoms with E-state index in [9.17, 15) is 18.0 Å². The van der Waals surface area contributed by atoms with Crippen LogP contribution in [-0.2, 0) is 0 Å². The lowest BCUT2D eigenvalue weighted by atomic mass is 9.97. The van der Waals surface area contributed by atoms with Gasteiger partial charge in [0.25, 0.3) is 5.91 Å². The lowest BCUT2D eigenvalue weighted by molar-refractivity contribution is -0.0507. The minimum absolute atomic E-state index is 0.0488. The summed E-state index contributed by atoms with van der Waals surface area (Å²) in [6.45, 7) is -6.01. The number of amides is 1. The molecule has 0 N–H and O–H groups in total. The Hall–Kier alpha value is -2.74. The van der Waals surface area contributed by atoms with Gasteiger partial charge in [-0.15, -0.1) is 0 Å². The summed E-state index contributed by atoms with van der Waals surface area (Å²) in [7, 11) is 0. The Balaban J connectivity index is 1.87. The molecule has 0 fully saturated rings. The van der Waals surface area contributed by atoms with Gasteiger partial charge in [0.1, 0.15) is 17.1 Å². The van der Waals surface area contributed by atoms with Crippen LogP contribution >= 0.6 is 11.6 Å². The van der Waals surface area contributed by atoms with Gasteiger partial charge in [-0.25, -0.2) is 9.37 Å². The predicted octanol–water partition coefficient (Wildman–Crippen LogP) is 4.55. The Morgan fingerprint density at radius 3 is 2.93 bits per heavy atom. The van der Waals surface area contributed by atoms with E-state index in [1.54, 1.807) is 4.57 Å². The van der Waals surface area contributed by atoms with Gasteiger partial charge in [-0.1, -0.05) is 17.7 Å². The summed E-state index contributed by atoms with van der Waals surface area (Å²) in [4.78, 5) is 18.2. The van der Waals surface area contributed by atoms with E-state index in [2.05, 4.69) is 9.72 Å². The molecule has 144 valence electrons. The van der Waals surface area contributed by atoms with Gasteiger partial charge in [-0.3, -0.25) is 4.79 Å². The highest BCUT2D eigenvalue weighted by molar-refractivity contribution is 6.31. The van der Waals surface area contributed by atoms with Gasteiger partial charge in [0.05, 0.1) is 17.6 Å². The fraction of sp³-hybridized carbons (Fsp3) is 0.263. The summed E-state index contributed by atoms with van der Waals surface area (Å²) in [5.74, 6) is -1.69. The van der Waals surface area contributed by atoms with Crippen molar-refractivity contribution in [2.75, 3.05) is 6.98 Å². The first kappa shape index (κ1) is 14.3. The average Bonchev–Trinajstić information content (AvgIpc) is 3.14. The molecular formula is C19H13ClF3N3O2. The molecule has 0 spiro atoms. The van der Waals surface area contributed by atoms with E-state index in [1.165, 1.54) is 24.3 Å². The third kappa shape index (κ3) is 2.27. The first-order valence-electron chi connectivity index (χ1n) is 9.86. The third-order valence-corrected chi connectivity index (χ3v) is 5.39. The molecule has 2 bridgehead atoms. The predicted molar refractivity (Wildman–Crippen MR) is 95.4 cm³/mol. The van der Waals surface area contributed by atoms with Gasteiger partial charge in [-0.2, -0.15) is 8.78 Å². The van der Waals surface area contributed by atoms with Crippen LogP contribution in [0.2, 0.25) is 5.02 Å². The highest BCUT2D eigenvalue weighted by atomic mass is 35.5. The minimum atomic E-state index is -3.16. The molecule has 5 rings (SSSR count). The van der Waals surface area contributed by atoms with Crippen LogP contribution in [0.1, 0.15) is 44.4 Å². The second-order valence-corrected chi connectivity index (χ2v) is 7.07. The Labute approximate surface area is 166 Å². The monoisotopic (exact) mass is 410 g/mol. The Morgan fingerprint density at radius 1 is 1.36 bits per heavy atom. The zero-order valence-electron chi connectivity index (χ0n) is 17.0. The normalized spacial score (nSPS) is 22.5. The van der Waals surface area contributed by atoms with Crippen LogP contribution in [0.15, 0.2) is 30.3 Å². The largest absolute Gasteiger partial charge is 0.434 e. The molecule has 1 aromatic heterocycles. The number of carbonyl (C=O) groups is 1. The van der Waals surface area contributed by atoms with Crippen LogP contribution in [0.25, 0.3) is 11.0 Å². The minimum Gasteiger partial charge on any atom is -0.434 e. The van der Waals surface area contributed by atoms with Gasteiger partial charge in [0, 0.05) is 33.7 Å². The van der Waals surface area contributed by atoms with Gasteiger partial charge in [0.2, 0.25) is 0 Å². The molecule has 2 aliphatic rings. The summed E-state index contributed by atoms with van der Waals surface area (Å²) in [6, 6.07) is 4.71. The zero-order valence-corrected chi connectivity index (χ0v) is 14.8. The van der Waals surface area contributed by atoms with Gasteiger partial charge >= 0.3 is 6.61 Å². The Morgan fingerprint density at radius 2 is 2.18 bits per heavy atom. The van der Waals surface area contributed by atoms with E-state index in [1.807, 2.05) is 0 Å². The maximum absolute atomic E-state index is 14.6. The van der Waals surface area contributed by atoms with Gasteiger partial charge in [0.15, 0.2) is 5.82 Å². The molecule has 3 aromatic rings. The lowest BCUT2D eigenvalue weighted by Crippen LogP contribution is -2.30. The first-order valence-corrected chi connectivity index (χ1v) is 8.74. The number of fused-ring (bicyclic) bond motifs is 9. The van der Waals surface area contributed by atoms with Crippen molar-refractivity contribution in [2.24, 2.45) is 0 Å². The fourth-order valence-corrected chi connectivity index (χ4v) is 4.33. The maximum atomic E-state index is 14.6. The van der Waals surface area contributed by atoms with Crippen molar-refractivity contribution in [2.45, 2.75) is 25.1 Å². The number of hydrogen-bond acceptors (Lipinski definition) is 3. The average molecular weight is 411 g/mol. The number of aromatic nitrogens is 2. The van der Waals surface area contributed by atoms with E-state index in [-0.39, 0.29) is 45.2 Å². The Bertz CT molecular complexity index is 1250. The quantitative estimate of drug-likeness (QED) is 0.622. The topological polar surface area (TPSA) is 47.4 Å². The lowest BCUT2D eigenvalue weighted by Gasteiger charge is -2.24. The van der Waals surface area contributed by atoms with Crippen molar-refractivity contribution in [3.63, 3.8) is 0 Å². The standard InChI is InChI=1S/C19H13ClF3N3O2/c1-25-13-7-11(15-9(18(25)27)3-2-4-14(15)28-19(22)23)26-12-6-8(20)5-10(21)16(12)24-17(13)26/h2-6,11,13,19H,7H2,1H3/t11-,13-/m1/s1/i1D3. The molecule has 28 heavy (non-hydrogen) atoms. The number of hydrogen-bond donors (Lipinski definition) is 0. The number of nitrogens with zero attached hydrogens (tertiary/aromatic N) is 3. The molecule has 0 saturated heterocycles. The number of carbonyl (C=O) groups excluding carboxylic acids is 1. The summed E-state index contributed by atoms with van der Waals surface area (Å²) in [5.41, 5.74) is 0.243. The van der Waals surface area contributed by atoms with E-state index in [0.29, 0.717) is 4.90 Å². The summed E-state index contributed by atoms with van der Waals surface area (Å²) in [6.07, 6.45) is 0.0488. The SMILES string of the molecule is [2H]C([2H])([2H])N1C(=O)c2cccc(OC(F)F)c2[C@H]2C[C@@H]1c1nc3c(F)cc(Cl)cc3n12. The highest BCUT2D eigenvalue weighted by Gasteiger charge is 2.45. The molecule has 1 amide bonds. The Kier molecular flexibility index (Phi) is 3.00. The second kappa shape index (κ2) is 5.88. The van der Waals surface area contributed by atoms with Crippen molar-refractivity contribution in [3.05, 3.63) is 58.1 Å². The van der Waals surface area contributed by atoms with Crippen molar-refractivity contribution in [3.8, 4) is 5.75 Å². The van der Waals surface area contributed by atoms with Gasteiger partial charge in [-0.05, 0) is 24.3 Å². The van der Waals surface area contributed by atoms with Crippen LogP contribution in [0.4, 0.5) is 13.2 Å². The molecule has 0 saturated carbocycles. The van der Waals surface area contributed by atoms with Crippen molar-refractivity contribution < 1.29 is 26.8 Å². The number of rotatable bonds is 2. The number of halogens is 4. The molecule has 0 aliphatic carbocycles. The van der Waals surface area contributed by atoms with E-state index < -0.39 is 37.4 Å². The molecular weight excluding hydrogens is 395 g/mol. The molecule has 0 radical (unpaired) electrons. The first-order chi connectivity index (χ1) is 14.6. The van der Waals surface area contributed by atoms with Crippen LogP contribution < -0.4 is 4.74 Å². The number of ether oxygens (including phenoxy) is 1. The van der Waals surface area contributed by atoms with Crippen LogP contribution in [-0.4, -0.2) is 33.9 Å².